The molecule has 0 spiro atoms. The summed E-state index contributed by atoms with van der Waals surface area (Å²) >= 11 is 3.67. The van der Waals surface area contributed by atoms with E-state index in [1.54, 1.807) is 11.3 Å². The molecule has 76 valence electrons. The van der Waals surface area contributed by atoms with Crippen molar-refractivity contribution in [3.63, 3.8) is 0 Å². The van der Waals surface area contributed by atoms with E-state index in [2.05, 4.69) is 47.2 Å². The van der Waals surface area contributed by atoms with Crippen LogP contribution < -0.4 is 0 Å². The summed E-state index contributed by atoms with van der Waals surface area (Å²) in [5.41, 5.74) is 0. The Morgan fingerprint density at radius 1 is 0.750 bits per heavy atom. The van der Waals surface area contributed by atoms with Gasteiger partial charge in [-0.2, -0.15) is 11.3 Å². The molecule has 0 aliphatic heterocycles. The van der Waals surface area contributed by atoms with Crippen LogP contribution in [0.4, 0.5) is 0 Å². The number of benzene rings is 2. The average Bonchev–Trinajstić information content (AvgIpc) is 2.91. The summed E-state index contributed by atoms with van der Waals surface area (Å²) in [6.07, 6.45) is 0. The molecule has 0 radical (unpaired) electrons. The molecule has 0 aliphatic rings. The first-order chi connectivity index (χ1) is 7.93. The van der Waals surface area contributed by atoms with Crippen molar-refractivity contribution >= 4 is 53.6 Å². The Morgan fingerprint density at radius 3 is 2.69 bits per heavy atom. The zero-order valence-electron chi connectivity index (χ0n) is 8.44. The molecule has 0 nitrogen and oxygen atoms in total. The van der Waals surface area contributed by atoms with Crippen molar-refractivity contribution in [2.45, 2.75) is 0 Å². The third-order valence-electron chi connectivity index (χ3n) is 3.00. The first-order valence-corrected chi connectivity index (χ1v) is 6.95. The van der Waals surface area contributed by atoms with E-state index in [1.165, 1.54) is 30.9 Å². The molecule has 2 heteroatoms. The van der Waals surface area contributed by atoms with Crippen LogP contribution in [0.15, 0.2) is 47.2 Å². The van der Waals surface area contributed by atoms with Crippen LogP contribution in [0.25, 0.3) is 30.9 Å². The van der Waals surface area contributed by atoms with E-state index in [0.29, 0.717) is 0 Å². The van der Waals surface area contributed by atoms with E-state index in [9.17, 15) is 0 Å². The molecule has 0 bridgehead atoms. The van der Waals surface area contributed by atoms with Gasteiger partial charge in [0.25, 0.3) is 0 Å². The number of hydrogen-bond acceptors (Lipinski definition) is 2. The lowest BCUT2D eigenvalue weighted by Gasteiger charge is -1.93. The SMILES string of the molecule is c1ccc2c(c1)sc1ccc3cscc3c12. The minimum atomic E-state index is 1.36. The molecule has 0 amide bonds. The summed E-state index contributed by atoms with van der Waals surface area (Å²) < 4.78 is 2.78. The topological polar surface area (TPSA) is 0 Å². The van der Waals surface area contributed by atoms with Gasteiger partial charge in [-0.3, -0.25) is 0 Å². The predicted molar refractivity (Wildman–Crippen MR) is 74.7 cm³/mol. The van der Waals surface area contributed by atoms with E-state index < -0.39 is 0 Å². The Kier molecular flexibility index (Phi) is 1.67. The normalized spacial score (nSPS) is 11.8. The van der Waals surface area contributed by atoms with Gasteiger partial charge in [-0.1, -0.05) is 24.3 Å². The van der Waals surface area contributed by atoms with Gasteiger partial charge in [-0.15, -0.1) is 11.3 Å². The largest absolute Gasteiger partial charge is 0.151 e. The van der Waals surface area contributed by atoms with Gasteiger partial charge in [0, 0.05) is 25.6 Å². The van der Waals surface area contributed by atoms with Gasteiger partial charge in [-0.05, 0) is 28.3 Å². The van der Waals surface area contributed by atoms with Crippen LogP contribution in [0, 0.1) is 0 Å². The average molecular weight is 240 g/mol. The summed E-state index contributed by atoms with van der Waals surface area (Å²) in [4.78, 5) is 0. The second-order valence-electron chi connectivity index (χ2n) is 3.91. The molecule has 0 fully saturated rings. The lowest BCUT2D eigenvalue weighted by atomic mass is 10.1. The first kappa shape index (κ1) is 8.74. The Labute approximate surface area is 101 Å². The van der Waals surface area contributed by atoms with E-state index in [4.69, 9.17) is 0 Å². The molecule has 4 rings (SSSR count). The molecule has 0 unspecified atom stereocenters. The van der Waals surface area contributed by atoms with Crippen molar-refractivity contribution in [3.8, 4) is 0 Å². The van der Waals surface area contributed by atoms with Crippen LogP contribution in [-0.2, 0) is 0 Å². The maximum Gasteiger partial charge on any atom is 0.0362 e. The second-order valence-corrected chi connectivity index (χ2v) is 5.74. The standard InChI is InChI=1S/C14H8S2/c1-2-4-12-10(3-1)14-11-8-15-7-9(11)5-6-13(14)16-12/h1-8H. The van der Waals surface area contributed by atoms with E-state index in [0.717, 1.165) is 0 Å². The fraction of sp³-hybridized carbons (Fsp3) is 0. The first-order valence-electron chi connectivity index (χ1n) is 5.20. The molecule has 2 heterocycles. The number of rotatable bonds is 0. The molecule has 0 N–H and O–H groups in total. The van der Waals surface area contributed by atoms with Crippen LogP contribution in [0.2, 0.25) is 0 Å². The van der Waals surface area contributed by atoms with Gasteiger partial charge in [0.1, 0.15) is 0 Å². The van der Waals surface area contributed by atoms with Crippen molar-refractivity contribution in [2.75, 3.05) is 0 Å². The van der Waals surface area contributed by atoms with Gasteiger partial charge in [0.2, 0.25) is 0 Å². The minimum Gasteiger partial charge on any atom is -0.151 e. The molecular formula is C14H8S2. The highest BCUT2D eigenvalue weighted by Gasteiger charge is 2.08. The highest BCUT2D eigenvalue weighted by atomic mass is 32.1. The summed E-state index contributed by atoms with van der Waals surface area (Å²) in [5.74, 6) is 0. The maximum atomic E-state index is 2.26. The smallest absolute Gasteiger partial charge is 0.0362 e. The summed E-state index contributed by atoms with van der Waals surface area (Å²) in [6.45, 7) is 0. The summed E-state index contributed by atoms with van der Waals surface area (Å²) in [5, 5.41) is 10.1. The molecule has 2 aromatic carbocycles. The molecule has 0 saturated carbocycles. The minimum absolute atomic E-state index is 1.36. The molecule has 0 atom stereocenters. The fourth-order valence-electron chi connectivity index (χ4n) is 2.26. The van der Waals surface area contributed by atoms with Crippen LogP contribution >= 0.6 is 22.7 Å². The van der Waals surface area contributed by atoms with Crippen molar-refractivity contribution in [1.82, 2.24) is 0 Å². The van der Waals surface area contributed by atoms with E-state index in [1.807, 2.05) is 11.3 Å². The van der Waals surface area contributed by atoms with Gasteiger partial charge in [-0.25, -0.2) is 0 Å². The Morgan fingerprint density at radius 2 is 1.69 bits per heavy atom. The van der Waals surface area contributed by atoms with Gasteiger partial charge >= 0.3 is 0 Å². The molecule has 2 aromatic heterocycles. The highest BCUT2D eigenvalue weighted by Crippen LogP contribution is 2.39. The zero-order chi connectivity index (χ0) is 10.5. The lowest BCUT2D eigenvalue weighted by Crippen LogP contribution is -1.67. The molecule has 0 aliphatic carbocycles. The van der Waals surface area contributed by atoms with Crippen molar-refractivity contribution in [1.29, 1.82) is 0 Å². The van der Waals surface area contributed by atoms with Gasteiger partial charge in [0.15, 0.2) is 0 Å². The number of fused-ring (bicyclic) bond motifs is 5. The van der Waals surface area contributed by atoms with E-state index >= 15 is 0 Å². The quantitative estimate of drug-likeness (QED) is 0.393. The molecular weight excluding hydrogens is 232 g/mol. The monoisotopic (exact) mass is 240 g/mol. The molecule has 4 aromatic rings. The molecule has 16 heavy (non-hydrogen) atoms. The summed E-state index contributed by atoms with van der Waals surface area (Å²) in [7, 11) is 0. The zero-order valence-corrected chi connectivity index (χ0v) is 10.1. The lowest BCUT2D eigenvalue weighted by molar-refractivity contribution is 1.87. The fourth-order valence-corrected chi connectivity index (χ4v) is 4.20. The second kappa shape index (κ2) is 3.06. The van der Waals surface area contributed by atoms with Crippen molar-refractivity contribution in [3.05, 3.63) is 47.2 Å². The van der Waals surface area contributed by atoms with Crippen LogP contribution in [-0.4, -0.2) is 0 Å². The van der Waals surface area contributed by atoms with Crippen LogP contribution in [0.3, 0.4) is 0 Å². The van der Waals surface area contributed by atoms with Crippen molar-refractivity contribution in [2.24, 2.45) is 0 Å². The number of thiophene rings is 2. The van der Waals surface area contributed by atoms with Crippen LogP contribution in [0.5, 0.6) is 0 Å². The Bertz CT molecular complexity index is 805. The third-order valence-corrected chi connectivity index (χ3v) is 4.90. The Balaban J connectivity index is 2.42. The van der Waals surface area contributed by atoms with Gasteiger partial charge < -0.3 is 0 Å². The van der Waals surface area contributed by atoms with Crippen molar-refractivity contribution < 1.29 is 0 Å². The third kappa shape index (κ3) is 1.03. The highest BCUT2D eigenvalue weighted by molar-refractivity contribution is 7.26. The van der Waals surface area contributed by atoms with Crippen LogP contribution in [0.1, 0.15) is 0 Å². The predicted octanol–water partition coefficient (Wildman–Crippen LogP) is 5.27. The number of hydrogen-bond donors (Lipinski definition) is 0. The summed E-state index contributed by atoms with van der Waals surface area (Å²) in [6, 6.07) is 13.1. The van der Waals surface area contributed by atoms with E-state index in [-0.39, 0.29) is 0 Å². The molecule has 0 saturated heterocycles. The maximum absolute atomic E-state index is 2.26. The van der Waals surface area contributed by atoms with Gasteiger partial charge in [0.05, 0.1) is 0 Å². The Hall–Kier alpha value is -1.38.